The van der Waals surface area contributed by atoms with Gasteiger partial charge >= 0.3 is 5.97 Å². The van der Waals surface area contributed by atoms with Gasteiger partial charge in [-0.15, -0.1) is 11.8 Å². The molecule has 0 radical (unpaired) electrons. The van der Waals surface area contributed by atoms with Crippen LogP contribution in [0, 0.1) is 5.82 Å². The zero-order valence-corrected chi connectivity index (χ0v) is 12.9. The van der Waals surface area contributed by atoms with Gasteiger partial charge in [-0.05, 0) is 30.3 Å². The second kappa shape index (κ2) is 6.71. The van der Waals surface area contributed by atoms with Crippen molar-refractivity contribution in [3.8, 4) is 5.69 Å². The third-order valence-electron chi connectivity index (χ3n) is 3.40. The second-order valence-electron chi connectivity index (χ2n) is 4.92. The molecule has 0 amide bonds. The average Bonchev–Trinajstić information content (AvgIpc) is 3.08. The number of hydrogen-bond donors (Lipinski definition) is 1. The summed E-state index contributed by atoms with van der Waals surface area (Å²) in [4.78, 5) is 12.4. The van der Waals surface area contributed by atoms with Crippen LogP contribution in [0.5, 0.6) is 0 Å². The van der Waals surface area contributed by atoms with E-state index in [0.29, 0.717) is 0 Å². The van der Waals surface area contributed by atoms with E-state index in [9.17, 15) is 14.3 Å². The summed E-state index contributed by atoms with van der Waals surface area (Å²) in [6, 6.07) is 17.3. The number of para-hydroxylation sites is 1. The number of benzene rings is 2. The molecule has 0 aliphatic heterocycles. The minimum atomic E-state index is -1.07. The molecule has 3 nitrogen and oxygen atoms in total. The van der Waals surface area contributed by atoms with Crippen LogP contribution in [0.2, 0.25) is 0 Å². The Kier molecular flexibility index (Phi) is 4.48. The number of carboxylic acids is 1. The quantitative estimate of drug-likeness (QED) is 0.700. The number of carboxylic acid groups (broad SMARTS) is 1. The predicted molar refractivity (Wildman–Crippen MR) is 88.4 cm³/mol. The Morgan fingerprint density at radius 3 is 2.35 bits per heavy atom. The number of hydrogen-bond acceptors (Lipinski definition) is 2. The first-order chi connectivity index (χ1) is 11.2. The highest BCUT2D eigenvalue weighted by Gasteiger charge is 2.25. The highest BCUT2D eigenvalue weighted by atomic mass is 32.2. The number of halogens is 1. The molecule has 3 rings (SSSR count). The molecular weight excluding hydrogens is 313 g/mol. The summed E-state index contributed by atoms with van der Waals surface area (Å²) in [6.07, 6.45) is 3.77. The van der Waals surface area contributed by atoms with Crippen LogP contribution in [0.4, 0.5) is 4.39 Å². The summed E-state index contributed by atoms with van der Waals surface area (Å²) in [5.41, 5.74) is 1.04. The standard InChI is InChI=1S/C18H14FNO2S/c19-14-8-2-1-7-13(14)17(18(21)22)23-16-10-4-3-9-15(16)20-11-5-6-12-20/h1-12,17H,(H,21,22)/t17-/m1/s1. The molecule has 23 heavy (non-hydrogen) atoms. The smallest absolute Gasteiger partial charge is 0.321 e. The van der Waals surface area contributed by atoms with Gasteiger partial charge in [-0.2, -0.15) is 0 Å². The fraction of sp³-hybridized carbons (Fsp3) is 0.0556. The van der Waals surface area contributed by atoms with Gasteiger partial charge in [-0.3, -0.25) is 4.79 Å². The fourth-order valence-electron chi connectivity index (χ4n) is 2.33. The topological polar surface area (TPSA) is 42.2 Å². The molecule has 0 aliphatic rings. The lowest BCUT2D eigenvalue weighted by molar-refractivity contribution is -0.136. The molecule has 116 valence electrons. The summed E-state index contributed by atoms with van der Waals surface area (Å²) in [6.45, 7) is 0. The zero-order valence-electron chi connectivity index (χ0n) is 12.1. The van der Waals surface area contributed by atoms with E-state index in [2.05, 4.69) is 0 Å². The van der Waals surface area contributed by atoms with E-state index in [0.717, 1.165) is 22.3 Å². The van der Waals surface area contributed by atoms with Crippen LogP contribution in [-0.2, 0) is 4.79 Å². The maximum absolute atomic E-state index is 14.0. The van der Waals surface area contributed by atoms with Gasteiger partial charge < -0.3 is 9.67 Å². The molecule has 1 heterocycles. The third-order valence-corrected chi connectivity index (χ3v) is 4.70. The third kappa shape index (κ3) is 3.29. The lowest BCUT2D eigenvalue weighted by Gasteiger charge is -2.16. The van der Waals surface area contributed by atoms with E-state index in [1.807, 2.05) is 53.4 Å². The number of thioether (sulfide) groups is 1. The SMILES string of the molecule is O=C(O)[C@H](Sc1ccccc1-n1cccc1)c1ccccc1F. The highest BCUT2D eigenvalue weighted by molar-refractivity contribution is 8.00. The van der Waals surface area contributed by atoms with Crippen molar-refractivity contribution in [3.63, 3.8) is 0 Å². The molecule has 1 N–H and O–H groups in total. The van der Waals surface area contributed by atoms with Crippen molar-refractivity contribution in [2.45, 2.75) is 10.1 Å². The summed E-state index contributed by atoms with van der Waals surface area (Å²) in [7, 11) is 0. The molecule has 0 spiro atoms. The van der Waals surface area contributed by atoms with Crippen molar-refractivity contribution in [3.05, 3.63) is 84.4 Å². The normalized spacial score (nSPS) is 12.0. The largest absolute Gasteiger partial charge is 0.480 e. The molecular formula is C18H14FNO2S. The maximum Gasteiger partial charge on any atom is 0.321 e. The van der Waals surface area contributed by atoms with Crippen LogP contribution in [0.3, 0.4) is 0 Å². The monoisotopic (exact) mass is 327 g/mol. The van der Waals surface area contributed by atoms with Crippen LogP contribution in [0.25, 0.3) is 5.69 Å². The number of carbonyl (C=O) groups is 1. The van der Waals surface area contributed by atoms with Crippen molar-refractivity contribution < 1.29 is 14.3 Å². The molecule has 5 heteroatoms. The molecule has 0 fully saturated rings. The van der Waals surface area contributed by atoms with Gasteiger partial charge in [-0.25, -0.2) is 4.39 Å². The Hall–Kier alpha value is -2.53. The number of aliphatic carboxylic acids is 1. The molecule has 3 aromatic rings. The van der Waals surface area contributed by atoms with Gasteiger partial charge in [0.2, 0.25) is 0 Å². The Morgan fingerprint density at radius 1 is 1.00 bits per heavy atom. The van der Waals surface area contributed by atoms with E-state index < -0.39 is 17.0 Å². The van der Waals surface area contributed by atoms with Gasteiger partial charge in [-0.1, -0.05) is 30.3 Å². The van der Waals surface area contributed by atoms with Gasteiger partial charge in [0.15, 0.2) is 0 Å². The van der Waals surface area contributed by atoms with E-state index in [1.165, 1.54) is 12.1 Å². The Balaban J connectivity index is 2.00. The van der Waals surface area contributed by atoms with Crippen molar-refractivity contribution >= 4 is 17.7 Å². The molecule has 1 atom stereocenters. The molecule has 1 aromatic heterocycles. The Morgan fingerprint density at radius 2 is 1.65 bits per heavy atom. The van der Waals surface area contributed by atoms with Crippen LogP contribution < -0.4 is 0 Å². The molecule has 2 aromatic carbocycles. The van der Waals surface area contributed by atoms with Crippen molar-refractivity contribution in [2.75, 3.05) is 0 Å². The predicted octanol–water partition coefficient (Wildman–Crippen LogP) is 4.53. The molecule has 0 saturated carbocycles. The second-order valence-corrected chi connectivity index (χ2v) is 6.06. The van der Waals surface area contributed by atoms with E-state index in [-0.39, 0.29) is 5.56 Å². The Labute approximate surface area is 137 Å². The summed E-state index contributed by atoms with van der Waals surface area (Å²) in [5, 5.41) is 8.53. The molecule has 0 saturated heterocycles. The van der Waals surface area contributed by atoms with Crippen LogP contribution in [0.1, 0.15) is 10.8 Å². The van der Waals surface area contributed by atoms with Crippen LogP contribution >= 0.6 is 11.8 Å². The summed E-state index contributed by atoms with van der Waals surface area (Å²) in [5.74, 6) is -1.58. The Bertz CT molecular complexity index is 817. The molecule has 0 unspecified atom stereocenters. The van der Waals surface area contributed by atoms with Crippen molar-refractivity contribution in [1.82, 2.24) is 4.57 Å². The number of nitrogens with zero attached hydrogens (tertiary/aromatic N) is 1. The van der Waals surface area contributed by atoms with E-state index in [4.69, 9.17) is 0 Å². The van der Waals surface area contributed by atoms with Crippen molar-refractivity contribution in [1.29, 1.82) is 0 Å². The van der Waals surface area contributed by atoms with Gasteiger partial charge in [0.1, 0.15) is 11.1 Å². The number of aromatic nitrogens is 1. The highest BCUT2D eigenvalue weighted by Crippen LogP contribution is 2.39. The summed E-state index contributed by atoms with van der Waals surface area (Å²) < 4.78 is 15.9. The average molecular weight is 327 g/mol. The van der Waals surface area contributed by atoms with Crippen LogP contribution in [-0.4, -0.2) is 15.6 Å². The molecule has 0 aliphatic carbocycles. The van der Waals surface area contributed by atoms with E-state index >= 15 is 0 Å². The maximum atomic E-state index is 14.0. The lowest BCUT2D eigenvalue weighted by atomic mass is 10.1. The minimum absolute atomic E-state index is 0.173. The van der Waals surface area contributed by atoms with Crippen LogP contribution in [0.15, 0.2) is 78.0 Å². The first-order valence-corrected chi connectivity index (χ1v) is 7.91. The van der Waals surface area contributed by atoms with Gasteiger partial charge in [0.05, 0.1) is 5.69 Å². The van der Waals surface area contributed by atoms with Gasteiger partial charge in [0.25, 0.3) is 0 Å². The molecule has 0 bridgehead atoms. The first kappa shape index (κ1) is 15.4. The first-order valence-electron chi connectivity index (χ1n) is 7.03. The lowest BCUT2D eigenvalue weighted by Crippen LogP contribution is -2.10. The van der Waals surface area contributed by atoms with E-state index in [1.54, 1.807) is 12.1 Å². The van der Waals surface area contributed by atoms with Gasteiger partial charge in [0, 0.05) is 22.9 Å². The van der Waals surface area contributed by atoms with Crippen molar-refractivity contribution in [2.24, 2.45) is 0 Å². The minimum Gasteiger partial charge on any atom is -0.480 e. The fourth-order valence-corrected chi connectivity index (χ4v) is 3.45. The summed E-state index contributed by atoms with van der Waals surface area (Å²) >= 11 is 1.13. The zero-order chi connectivity index (χ0) is 16.2. The number of rotatable bonds is 5.